The average molecular weight is 495 g/mol. The molecular formula is C2H4CeErO8S. The van der Waals surface area contributed by atoms with Crippen molar-refractivity contribution in [3.8, 4) is 0 Å². The number of carbonyl (C=O) groups is 2. The summed E-state index contributed by atoms with van der Waals surface area (Å²) < 4.78 is 31.6. The number of aliphatic carboxylic acids is 2. The van der Waals surface area contributed by atoms with Crippen LogP contribution in [0.2, 0.25) is 0 Å². The molecule has 0 aromatic heterocycles. The molecule has 0 atom stereocenters. The minimum Gasteiger partial charge on any atom is -0.473 e. The van der Waals surface area contributed by atoms with Gasteiger partial charge in [0.05, 0.1) is 0 Å². The predicted molar refractivity (Wildman–Crippen MR) is 29.4 cm³/mol. The Hall–Kier alpha value is 1.43. The molecule has 0 amide bonds. The summed E-state index contributed by atoms with van der Waals surface area (Å²) in [5.74, 6) is -3.65. The summed E-state index contributed by atoms with van der Waals surface area (Å²) in [7, 11) is -4.67. The SMILES string of the molecule is O=C(O)C(=O)O.O=S(=O)(O)O.[Ce].[Er]. The molecule has 0 saturated carbocycles. The van der Waals surface area contributed by atoms with Gasteiger partial charge in [0.2, 0.25) is 0 Å². The van der Waals surface area contributed by atoms with E-state index in [0.717, 1.165) is 0 Å². The molecule has 0 fully saturated rings. The van der Waals surface area contributed by atoms with Crippen molar-refractivity contribution in [1.82, 2.24) is 0 Å². The maximum Gasteiger partial charge on any atom is 0.414 e. The van der Waals surface area contributed by atoms with Crippen LogP contribution in [0.15, 0.2) is 0 Å². The van der Waals surface area contributed by atoms with Crippen molar-refractivity contribution >= 4 is 22.3 Å². The van der Waals surface area contributed by atoms with Gasteiger partial charge in [-0.15, -0.1) is 0 Å². The summed E-state index contributed by atoms with van der Waals surface area (Å²) in [5.41, 5.74) is 0. The minimum atomic E-state index is -4.67. The summed E-state index contributed by atoms with van der Waals surface area (Å²) in [6.45, 7) is 0. The van der Waals surface area contributed by atoms with E-state index in [1.165, 1.54) is 0 Å². The Labute approximate surface area is 136 Å². The van der Waals surface area contributed by atoms with Crippen LogP contribution >= 0.6 is 0 Å². The third-order valence-corrected chi connectivity index (χ3v) is 0.183. The molecule has 82 valence electrons. The van der Waals surface area contributed by atoms with E-state index in [2.05, 4.69) is 0 Å². The summed E-state index contributed by atoms with van der Waals surface area (Å²) in [6.07, 6.45) is 0. The maximum atomic E-state index is 9.10. The van der Waals surface area contributed by atoms with Gasteiger partial charge < -0.3 is 10.2 Å². The largest absolute Gasteiger partial charge is 0.473 e. The molecule has 0 bridgehead atoms. The van der Waals surface area contributed by atoms with E-state index in [0.29, 0.717) is 0 Å². The molecule has 13 heavy (non-hydrogen) atoms. The summed E-state index contributed by atoms with van der Waals surface area (Å²) in [6, 6.07) is 0. The van der Waals surface area contributed by atoms with Gasteiger partial charge in [-0.3, -0.25) is 9.11 Å². The van der Waals surface area contributed by atoms with Crippen LogP contribution in [0, 0.1) is 79.1 Å². The standard InChI is InChI=1S/C2H2O4.Ce.Er.H2O4S/c3-1(4)2(5)6;;;1-5(2,3)4/h(H,3,4)(H,5,6);;;(H2,1,2,3,4). The van der Waals surface area contributed by atoms with Crippen molar-refractivity contribution in [2.45, 2.75) is 0 Å². The first-order chi connectivity index (χ1) is 4.64. The second-order valence-corrected chi connectivity index (χ2v) is 1.95. The molecule has 4 N–H and O–H groups in total. The maximum absolute atomic E-state index is 9.10. The van der Waals surface area contributed by atoms with E-state index in [-0.39, 0.29) is 79.1 Å². The molecule has 0 aromatic carbocycles. The van der Waals surface area contributed by atoms with E-state index in [4.69, 9.17) is 37.3 Å². The van der Waals surface area contributed by atoms with Crippen molar-refractivity contribution in [1.29, 1.82) is 0 Å². The Balaban J connectivity index is -0.0000000546. The second-order valence-electron chi connectivity index (χ2n) is 1.06. The van der Waals surface area contributed by atoms with Crippen molar-refractivity contribution in [2.24, 2.45) is 0 Å². The first-order valence-electron chi connectivity index (χ1n) is 1.80. The van der Waals surface area contributed by atoms with Crippen LogP contribution in [-0.2, 0) is 20.0 Å². The number of hydrogen-bond donors (Lipinski definition) is 4. The van der Waals surface area contributed by atoms with Gasteiger partial charge in [0.25, 0.3) is 0 Å². The zero-order chi connectivity index (χ0) is 9.65. The topological polar surface area (TPSA) is 149 Å². The predicted octanol–water partition coefficient (Wildman–Crippen LogP) is -1.50. The van der Waals surface area contributed by atoms with Gasteiger partial charge in [-0.1, -0.05) is 0 Å². The van der Waals surface area contributed by atoms with Gasteiger partial charge in [0.15, 0.2) is 0 Å². The molecule has 0 rings (SSSR count). The molecule has 0 heterocycles. The van der Waals surface area contributed by atoms with Crippen LogP contribution < -0.4 is 0 Å². The molecular weight excluding hydrogens is 491 g/mol. The van der Waals surface area contributed by atoms with Crippen molar-refractivity contribution in [3.63, 3.8) is 0 Å². The van der Waals surface area contributed by atoms with Gasteiger partial charge in [-0.05, 0) is 0 Å². The third-order valence-electron chi connectivity index (χ3n) is 0.183. The van der Waals surface area contributed by atoms with Crippen LogP contribution in [-0.4, -0.2) is 39.7 Å². The van der Waals surface area contributed by atoms with Crippen LogP contribution in [0.1, 0.15) is 0 Å². The van der Waals surface area contributed by atoms with Gasteiger partial charge in [0, 0.05) is 79.1 Å². The normalized spacial score (nSPS) is 7.85. The zero-order valence-electron chi connectivity index (χ0n) is 5.62. The zero-order valence-corrected chi connectivity index (χ0v) is 11.4. The number of carboxylic acid groups (broad SMARTS) is 2. The molecule has 11 heteroatoms. The minimum absolute atomic E-state index is 0. The van der Waals surface area contributed by atoms with E-state index >= 15 is 0 Å². The average Bonchev–Trinajstić information content (AvgIpc) is 1.59. The fourth-order valence-corrected chi connectivity index (χ4v) is 0. The molecule has 0 unspecified atom stereocenters. The van der Waals surface area contributed by atoms with Crippen LogP contribution in [0.25, 0.3) is 0 Å². The van der Waals surface area contributed by atoms with Gasteiger partial charge >= 0.3 is 22.3 Å². The van der Waals surface area contributed by atoms with Crippen molar-refractivity contribution in [2.75, 3.05) is 0 Å². The first-order valence-corrected chi connectivity index (χ1v) is 3.20. The summed E-state index contributed by atoms with van der Waals surface area (Å²) >= 11 is 0. The number of hydrogen-bond acceptors (Lipinski definition) is 4. The molecule has 0 aliphatic heterocycles. The summed E-state index contributed by atoms with van der Waals surface area (Å²) in [4.78, 5) is 18.2. The molecule has 0 radical (unpaired) electrons. The van der Waals surface area contributed by atoms with E-state index < -0.39 is 22.3 Å². The monoisotopic (exact) mass is 494 g/mol. The molecule has 0 aromatic rings. The first kappa shape index (κ1) is 23.9. The van der Waals surface area contributed by atoms with Gasteiger partial charge in [-0.2, -0.15) is 8.42 Å². The van der Waals surface area contributed by atoms with E-state index in [1.807, 2.05) is 0 Å². The fraction of sp³-hybridized carbons (Fsp3) is 0. The quantitative estimate of drug-likeness (QED) is 0.234. The van der Waals surface area contributed by atoms with Crippen molar-refractivity contribution < 1.29 is 116 Å². The number of carboxylic acids is 2. The van der Waals surface area contributed by atoms with Gasteiger partial charge in [-0.25, -0.2) is 9.59 Å². The molecule has 0 aliphatic rings. The smallest absolute Gasteiger partial charge is 0.414 e. The Kier molecular flexibility index (Phi) is 21.2. The number of rotatable bonds is 0. The Morgan fingerprint density at radius 2 is 1.00 bits per heavy atom. The molecule has 8 nitrogen and oxygen atoms in total. The van der Waals surface area contributed by atoms with E-state index in [9.17, 15) is 0 Å². The van der Waals surface area contributed by atoms with Crippen LogP contribution in [0.4, 0.5) is 0 Å². The van der Waals surface area contributed by atoms with E-state index in [1.54, 1.807) is 0 Å². The van der Waals surface area contributed by atoms with Crippen molar-refractivity contribution in [3.05, 3.63) is 0 Å². The second kappa shape index (κ2) is 11.5. The fourth-order valence-electron chi connectivity index (χ4n) is 0. The molecule has 0 spiro atoms. The van der Waals surface area contributed by atoms with Crippen LogP contribution in [0.5, 0.6) is 0 Å². The Bertz CT molecular complexity index is 225. The third kappa shape index (κ3) is 59.5. The Morgan fingerprint density at radius 1 is 0.923 bits per heavy atom. The van der Waals surface area contributed by atoms with Crippen LogP contribution in [0.3, 0.4) is 0 Å². The Morgan fingerprint density at radius 3 is 1.00 bits per heavy atom. The molecule has 0 saturated heterocycles. The molecule has 0 aliphatic carbocycles. The van der Waals surface area contributed by atoms with Gasteiger partial charge in [0.1, 0.15) is 0 Å². The summed E-state index contributed by atoms with van der Waals surface area (Å²) in [5, 5.41) is 14.8.